The molecule has 60 valence electrons. The van der Waals surface area contributed by atoms with Gasteiger partial charge in [0.1, 0.15) is 11.5 Å². The molecule has 0 amide bonds. The number of hydrogen-bond donors (Lipinski definition) is 0. The summed E-state index contributed by atoms with van der Waals surface area (Å²) in [6.07, 6.45) is 0. The van der Waals surface area contributed by atoms with Crippen LogP contribution in [0.15, 0.2) is 0 Å². The minimum absolute atomic E-state index is 0.0139. The van der Waals surface area contributed by atoms with Crippen LogP contribution >= 0.6 is 0 Å². The Balaban J connectivity index is 2.90. The van der Waals surface area contributed by atoms with E-state index >= 15 is 0 Å². The van der Waals surface area contributed by atoms with Gasteiger partial charge in [0, 0.05) is 5.92 Å². The molecule has 3 heteroatoms. The third-order valence-electron chi connectivity index (χ3n) is 2.35. The second-order valence-electron chi connectivity index (χ2n) is 3.42. The lowest BCUT2D eigenvalue weighted by atomic mass is 9.86. The van der Waals surface area contributed by atoms with Gasteiger partial charge >= 0.3 is 5.97 Å². The summed E-state index contributed by atoms with van der Waals surface area (Å²) in [6.45, 7) is 5.51. The molecule has 0 aromatic heterocycles. The van der Waals surface area contributed by atoms with Crippen LogP contribution in [0.25, 0.3) is 0 Å². The Morgan fingerprint density at radius 2 is 2.18 bits per heavy atom. The summed E-state index contributed by atoms with van der Waals surface area (Å²) in [4.78, 5) is 11.0. The molecule has 1 unspecified atom stereocenters. The minimum Gasteiger partial charge on any atom is -0.458 e. The van der Waals surface area contributed by atoms with Crippen molar-refractivity contribution in [2.45, 2.75) is 26.4 Å². The SMILES string of the molecule is C[C@H]1C(C#N)C(=O)OC1(C)C. The van der Waals surface area contributed by atoms with Gasteiger partial charge in [0.05, 0.1) is 6.07 Å². The third kappa shape index (κ3) is 1.09. The van der Waals surface area contributed by atoms with Crippen molar-refractivity contribution in [1.82, 2.24) is 0 Å². The predicted molar refractivity (Wildman–Crippen MR) is 38.4 cm³/mol. The lowest BCUT2D eigenvalue weighted by Crippen LogP contribution is -2.26. The Morgan fingerprint density at radius 3 is 2.36 bits per heavy atom. The average molecular weight is 153 g/mol. The van der Waals surface area contributed by atoms with Crippen molar-refractivity contribution in [2.75, 3.05) is 0 Å². The summed E-state index contributed by atoms with van der Waals surface area (Å²) >= 11 is 0. The van der Waals surface area contributed by atoms with E-state index in [4.69, 9.17) is 10.00 Å². The largest absolute Gasteiger partial charge is 0.458 e. The van der Waals surface area contributed by atoms with Crippen molar-refractivity contribution in [2.24, 2.45) is 11.8 Å². The normalized spacial score (nSPS) is 34.5. The number of carbonyl (C=O) groups is 1. The fourth-order valence-corrected chi connectivity index (χ4v) is 1.19. The highest BCUT2D eigenvalue weighted by atomic mass is 16.6. The Morgan fingerprint density at radius 1 is 1.64 bits per heavy atom. The number of esters is 1. The first kappa shape index (κ1) is 8.06. The average Bonchev–Trinajstić information content (AvgIpc) is 2.04. The van der Waals surface area contributed by atoms with Crippen LogP contribution in [0.4, 0.5) is 0 Å². The Kier molecular flexibility index (Phi) is 1.63. The molecule has 0 aliphatic carbocycles. The van der Waals surface area contributed by atoms with E-state index in [1.165, 1.54) is 0 Å². The van der Waals surface area contributed by atoms with Gasteiger partial charge in [-0.2, -0.15) is 5.26 Å². The van der Waals surface area contributed by atoms with E-state index in [1.54, 1.807) is 0 Å². The van der Waals surface area contributed by atoms with Crippen LogP contribution in [0.2, 0.25) is 0 Å². The molecule has 1 fully saturated rings. The monoisotopic (exact) mass is 153 g/mol. The first-order chi connectivity index (χ1) is 4.99. The quantitative estimate of drug-likeness (QED) is 0.489. The molecule has 0 aromatic carbocycles. The zero-order valence-electron chi connectivity index (χ0n) is 6.92. The number of carbonyl (C=O) groups excluding carboxylic acids is 1. The minimum atomic E-state index is -0.579. The Labute approximate surface area is 66.0 Å². The number of ether oxygens (including phenoxy) is 1. The first-order valence-electron chi connectivity index (χ1n) is 3.61. The summed E-state index contributed by atoms with van der Waals surface area (Å²) in [5.41, 5.74) is -0.475. The van der Waals surface area contributed by atoms with E-state index in [0.29, 0.717) is 0 Å². The van der Waals surface area contributed by atoms with Crippen molar-refractivity contribution in [3.63, 3.8) is 0 Å². The zero-order valence-corrected chi connectivity index (χ0v) is 6.92. The summed E-state index contributed by atoms with van der Waals surface area (Å²) < 4.78 is 5.00. The zero-order chi connectivity index (χ0) is 8.65. The topological polar surface area (TPSA) is 50.1 Å². The summed E-state index contributed by atoms with van der Waals surface area (Å²) in [7, 11) is 0. The standard InChI is InChI=1S/C8H11NO2/c1-5-6(4-9)7(10)11-8(5,2)3/h5-6H,1-3H3/t5-,6?/m0/s1. The molecule has 11 heavy (non-hydrogen) atoms. The molecule has 3 nitrogen and oxygen atoms in total. The van der Waals surface area contributed by atoms with Crippen molar-refractivity contribution in [1.29, 1.82) is 5.26 Å². The van der Waals surface area contributed by atoms with E-state index in [0.717, 1.165) is 0 Å². The van der Waals surface area contributed by atoms with Gasteiger partial charge in [-0.1, -0.05) is 6.92 Å². The molecular formula is C8H11NO2. The molecule has 0 saturated carbocycles. The fraction of sp³-hybridized carbons (Fsp3) is 0.750. The highest BCUT2D eigenvalue weighted by Gasteiger charge is 2.47. The van der Waals surface area contributed by atoms with Crippen LogP contribution in [0.1, 0.15) is 20.8 Å². The molecule has 1 rings (SSSR count). The maximum atomic E-state index is 11.0. The molecule has 0 spiro atoms. The van der Waals surface area contributed by atoms with Crippen LogP contribution < -0.4 is 0 Å². The number of nitriles is 1. The summed E-state index contributed by atoms with van der Waals surface area (Å²) in [5, 5.41) is 8.59. The van der Waals surface area contributed by atoms with E-state index in [-0.39, 0.29) is 11.9 Å². The van der Waals surface area contributed by atoms with Crippen LogP contribution in [0, 0.1) is 23.2 Å². The summed E-state index contributed by atoms with van der Waals surface area (Å²) in [6, 6.07) is 1.94. The van der Waals surface area contributed by atoms with Gasteiger partial charge < -0.3 is 4.74 Å². The molecule has 1 saturated heterocycles. The first-order valence-corrected chi connectivity index (χ1v) is 3.61. The van der Waals surface area contributed by atoms with Crippen LogP contribution in [-0.4, -0.2) is 11.6 Å². The van der Waals surface area contributed by atoms with Gasteiger partial charge in [-0.3, -0.25) is 4.79 Å². The Bertz CT molecular complexity index is 227. The van der Waals surface area contributed by atoms with Crippen molar-refractivity contribution >= 4 is 5.97 Å². The molecule has 0 radical (unpaired) electrons. The van der Waals surface area contributed by atoms with Crippen molar-refractivity contribution in [3.05, 3.63) is 0 Å². The molecule has 0 N–H and O–H groups in total. The summed E-state index contributed by atoms with van der Waals surface area (Å²) in [5.74, 6) is -0.977. The molecule has 1 aliphatic rings. The van der Waals surface area contributed by atoms with Crippen LogP contribution in [0.3, 0.4) is 0 Å². The van der Waals surface area contributed by atoms with E-state index < -0.39 is 11.5 Å². The molecule has 0 aromatic rings. The number of nitrogens with zero attached hydrogens (tertiary/aromatic N) is 1. The number of rotatable bonds is 0. The van der Waals surface area contributed by atoms with Gasteiger partial charge in [0.15, 0.2) is 0 Å². The van der Waals surface area contributed by atoms with Gasteiger partial charge in [-0.15, -0.1) is 0 Å². The maximum absolute atomic E-state index is 11.0. The van der Waals surface area contributed by atoms with Crippen molar-refractivity contribution < 1.29 is 9.53 Å². The second-order valence-corrected chi connectivity index (χ2v) is 3.42. The van der Waals surface area contributed by atoms with Crippen LogP contribution in [-0.2, 0) is 9.53 Å². The van der Waals surface area contributed by atoms with E-state index in [9.17, 15) is 4.79 Å². The maximum Gasteiger partial charge on any atom is 0.324 e. The van der Waals surface area contributed by atoms with Gasteiger partial charge in [-0.25, -0.2) is 0 Å². The Hall–Kier alpha value is -1.04. The van der Waals surface area contributed by atoms with Crippen LogP contribution in [0.5, 0.6) is 0 Å². The fourth-order valence-electron chi connectivity index (χ4n) is 1.19. The highest BCUT2D eigenvalue weighted by molar-refractivity contribution is 5.78. The van der Waals surface area contributed by atoms with Gasteiger partial charge in [0.2, 0.25) is 0 Å². The second kappa shape index (κ2) is 2.23. The van der Waals surface area contributed by atoms with E-state index in [2.05, 4.69) is 0 Å². The predicted octanol–water partition coefficient (Wildman–Crippen LogP) is 1.10. The van der Waals surface area contributed by atoms with Gasteiger partial charge in [-0.05, 0) is 13.8 Å². The number of hydrogen-bond acceptors (Lipinski definition) is 3. The molecular weight excluding hydrogens is 142 g/mol. The highest BCUT2D eigenvalue weighted by Crippen LogP contribution is 2.35. The molecule has 0 bridgehead atoms. The lowest BCUT2D eigenvalue weighted by Gasteiger charge is -2.21. The number of cyclic esters (lactones) is 1. The molecule has 2 atom stereocenters. The van der Waals surface area contributed by atoms with E-state index in [1.807, 2.05) is 26.8 Å². The van der Waals surface area contributed by atoms with Crippen molar-refractivity contribution in [3.8, 4) is 6.07 Å². The third-order valence-corrected chi connectivity index (χ3v) is 2.35. The van der Waals surface area contributed by atoms with Gasteiger partial charge in [0.25, 0.3) is 0 Å². The smallest absolute Gasteiger partial charge is 0.324 e. The lowest BCUT2D eigenvalue weighted by molar-refractivity contribution is -0.147. The molecule has 1 heterocycles. The molecule has 1 aliphatic heterocycles.